The number of amides is 2. The highest BCUT2D eigenvalue weighted by Crippen LogP contribution is 2.34. The van der Waals surface area contributed by atoms with Crippen LogP contribution >= 0.6 is 7.92 Å². The Bertz CT molecular complexity index is 1330. The van der Waals surface area contributed by atoms with Crippen molar-refractivity contribution in [1.29, 1.82) is 0 Å². The first-order chi connectivity index (χ1) is 18.4. The molecule has 4 rings (SSSR count). The van der Waals surface area contributed by atoms with Gasteiger partial charge in [0.25, 0.3) is 5.91 Å². The first-order valence-electron chi connectivity index (χ1n) is 12.7. The molecule has 0 aliphatic heterocycles. The largest absolute Gasteiger partial charge is 0.376 e. The minimum Gasteiger partial charge on any atom is -0.376 e. The van der Waals surface area contributed by atoms with E-state index in [0.29, 0.717) is 11.3 Å². The van der Waals surface area contributed by atoms with Crippen LogP contribution in [0.2, 0.25) is 0 Å². The number of hydrogen-bond donors (Lipinski definition) is 2. The van der Waals surface area contributed by atoms with Crippen LogP contribution in [0.3, 0.4) is 0 Å². The number of anilines is 2. The smallest absolute Gasteiger partial charge is 0.252 e. The van der Waals surface area contributed by atoms with Crippen LogP contribution in [0.1, 0.15) is 24.2 Å². The molecule has 38 heavy (non-hydrogen) atoms. The van der Waals surface area contributed by atoms with Crippen molar-refractivity contribution < 1.29 is 9.59 Å². The average molecular weight is 524 g/mol. The summed E-state index contributed by atoms with van der Waals surface area (Å²) in [6.45, 7) is 3.88. The molecule has 0 saturated carbocycles. The Hall–Kier alpha value is -3.95. The van der Waals surface area contributed by atoms with Gasteiger partial charge < -0.3 is 15.5 Å². The predicted molar refractivity (Wildman–Crippen MR) is 161 cm³/mol. The molecule has 0 radical (unpaired) electrons. The maximum Gasteiger partial charge on any atom is 0.252 e. The molecule has 0 unspecified atom stereocenters. The van der Waals surface area contributed by atoms with Crippen molar-refractivity contribution in [3.63, 3.8) is 0 Å². The summed E-state index contributed by atoms with van der Waals surface area (Å²) in [5, 5.41) is 9.35. The van der Waals surface area contributed by atoms with Gasteiger partial charge in [-0.3, -0.25) is 9.59 Å². The van der Waals surface area contributed by atoms with Crippen LogP contribution in [0.5, 0.6) is 0 Å². The molecule has 0 heterocycles. The van der Waals surface area contributed by atoms with Gasteiger partial charge in [-0.25, -0.2) is 0 Å². The van der Waals surface area contributed by atoms with E-state index in [9.17, 15) is 9.59 Å². The fraction of sp³-hybridized carbons (Fsp3) is 0.188. The SMILES string of the molecule is CC(C)[C@H](NC(=O)c1ccccc1P(c1ccccc1)c1ccccc1)C(=O)Nc1ccccc1N(C)C. The van der Waals surface area contributed by atoms with Crippen LogP contribution in [-0.4, -0.2) is 32.0 Å². The number of nitrogens with one attached hydrogen (secondary N) is 2. The maximum absolute atomic E-state index is 13.8. The molecule has 4 aromatic carbocycles. The normalized spacial score (nSPS) is 11.7. The standard InChI is InChI=1S/C32H34N3O2P/c1-23(2)30(32(37)33-27-20-12-13-21-28(27)35(3)4)34-31(36)26-19-11-14-22-29(26)38(24-15-7-5-8-16-24)25-17-9-6-10-18-25/h5-23,30H,1-4H3,(H,33,37)(H,34,36)/t30-/m0/s1. The lowest BCUT2D eigenvalue weighted by molar-refractivity contribution is -0.118. The van der Waals surface area contributed by atoms with Crippen LogP contribution in [0.15, 0.2) is 109 Å². The molecule has 0 aliphatic carbocycles. The molecule has 1 atom stereocenters. The highest BCUT2D eigenvalue weighted by Gasteiger charge is 2.28. The molecular formula is C32H34N3O2P. The Morgan fingerprint density at radius 1 is 0.711 bits per heavy atom. The number of nitrogens with zero attached hydrogens (tertiary/aromatic N) is 1. The van der Waals surface area contributed by atoms with Crippen LogP contribution in [0, 0.1) is 5.92 Å². The van der Waals surface area contributed by atoms with Crippen molar-refractivity contribution in [2.75, 3.05) is 24.3 Å². The zero-order valence-electron chi connectivity index (χ0n) is 22.3. The first-order valence-corrected chi connectivity index (χ1v) is 14.1. The fourth-order valence-corrected chi connectivity index (χ4v) is 6.82. The summed E-state index contributed by atoms with van der Waals surface area (Å²) < 4.78 is 0. The lowest BCUT2D eigenvalue weighted by atomic mass is 10.0. The fourth-order valence-electron chi connectivity index (χ4n) is 4.38. The minimum atomic E-state index is -0.973. The number of hydrogen-bond acceptors (Lipinski definition) is 3. The van der Waals surface area contributed by atoms with E-state index >= 15 is 0 Å². The number of benzene rings is 4. The average Bonchev–Trinajstić information content (AvgIpc) is 2.93. The zero-order chi connectivity index (χ0) is 27.1. The zero-order valence-corrected chi connectivity index (χ0v) is 23.2. The van der Waals surface area contributed by atoms with Crippen molar-refractivity contribution in [2.45, 2.75) is 19.9 Å². The van der Waals surface area contributed by atoms with Gasteiger partial charge in [0.15, 0.2) is 0 Å². The van der Waals surface area contributed by atoms with E-state index in [1.54, 1.807) is 0 Å². The molecule has 0 aliphatic rings. The molecule has 4 aromatic rings. The van der Waals surface area contributed by atoms with E-state index in [4.69, 9.17) is 0 Å². The van der Waals surface area contributed by atoms with Crippen molar-refractivity contribution in [3.8, 4) is 0 Å². The van der Waals surface area contributed by atoms with E-state index in [-0.39, 0.29) is 17.7 Å². The molecule has 2 amide bonds. The minimum absolute atomic E-state index is 0.109. The van der Waals surface area contributed by atoms with Gasteiger partial charge in [-0.1, -0.05) is 105 Å². The molecule has 5 nitrogen and oxygen atoms in total. The quantitative estimate of drug-likeness (QED) is 0.307. The van der Waals surface area contributed by atoms with Crippen molar-refractivity contribution in [1.82, 2.24) is 5.32 Å². The number of carbonyl (C=O) groups excluding carboxylic acids is 2. The lowest BCUT2D eigenvalue weighted by Gasteiger charge is -2.25. The molecule has 6 heteroatoms. The number of para-hydroxylation sites is 2. The molecule has 0 bridgehead atoms. The Morgan fingerprint density at radius 3 is 1.82 bits per heavy atom. The van der Waals surface area contributed by atoms with Gasteiger partial charge in [-0.05, 0) is 48.0 Å². The summed E-state index contributed by atoms with van der Waals surface area (Å²) in [5.74, 6) is -0.606. The third kappa shape index (κ3) is 6.30. The Balaban J connectivity index is 1.65. The van der Waals surface area contributed by atoms with Gasteiger partial charge in [-0.15, -0.1) is 0 Å². The van der Waals surface area contributed by atoms with E-state index in [1.165, 1.54) is 0 Å². The molecular weight excluding hydrogens is 489 g/mol. The molecule has 0 saturated heterocycles. The molecule has 0 fully saturated rings. The molecule has 194 valence electrons. The van der Waals surface area contributed by atoms with Gasteiger partial charge in [0.2, 0.25) is 5.91 Å². The summed E-state index contributed by atoms with van der Waals surface area (Å²) in [6.07, 6.45) is 0. The predicted octanol–water partition coefficient (Wildman–Crippen LogP) is 4.90. The van der Waals surface area contributed by atoms with E-state index in [2.05, 4.69) is 34.9 Å². The van der Waals surface area contributed by atoms with Crippen LogP contribution in [0.25, 0.3) is 0 Å². The molecule has 0 spiro atoms. The summed E-state index contributed by atoms with van der Waals surface area (Å²) in [4.78, 5) is 29.2. The van der Waals surface area contributed by atoms with E-state index < -0.39 is 14.0 Å². The monoisotopic (exact) mass is 523 g/mol. The van der Waals surface area contributed by atoms with E-state index in [1.807, 2.05) is 118 Å². The third-order valence-corrected chi connectivity index (χ3v) is 8.80. The summed E-state index contributed by atoms with van der Waals surface area (Å²) >= 11 is 0. The van der Waals surface area contributed by atoms with Crippen molar-refractivity contribution >= 4 is 47.0 Å². The second kappa shape index (κ2) is 12.5. The van der Waals surface area contributed by atoms with Crippen LogP contribution in [-0.2, 0) is 4.79 Å². The van der Waals surface area contributed by atoms with Gasteiger partial charge in [0.1, 0.15) is 6.04 Å². The Labute approximate surface area is 226 Å². The van der Waals surface area contributed by atoms with Crippen molar-refractivity contribution in [3.05, 3.63) is 115 Å². The highest BCUT2D eigenvalue weighted by molar-refractivity contribution is 7.80. The van der Waals surface area contributed by atoms with Crippen LogP contribution < -0.4 is 31.4 Å². The summed E-state index contributed by atoms with van der Waals surface area (Å²) in [7, 11) is 2.89. The van der Waals surface area contributed by atoms with Crippen LogP contribution in [0.4, 0.5) is 11.4 Å². The van der Waals surface area contributed by atoms with Gasteiger partial charge >= 0.3 is 0 Å². The molecule has 2 N–H and O–H groups in total. The first kappa shape index (κ1) is 27.1. The lowest BCUT2D eigenvalue weighted by Crippen LogP contribution is -2.48. The number of carbonyl (C=O) groups is 2. The highest BCUT2D eigenvalue weighted by atomic mass is 31.1. The summed E-state index contributed by atoms with van der Waals surface area (Å²) in [6, 6.07) is 35.2. The second-order valence-corrected chi connectivity index (χ2v) is 11.8. The second-order valence-electron chi connectivity index (χ2n) is 9.62. The van der Waals surface area contributed by atoms with Gasteiger partial charge in [0, 0.05) is 19.7 Å². The number of rotatable bonds is 9. The van der Waals surface area contributed by atoms with E-state index in [0.717, 1.165) is 21.6 Å². The van der Waals surface area contributed by atoms with Crippen molar-refractivity contribution in [2.24, 2.45) is 5.92 Å². The van der Waals surface area contributed by atoms with Gasteiger partial charge in [-0.2, -0.15) is 0 Å². The molecule has 0 aromatic heterocycles. The third-order valence-electron chi connectivity index (χ3n) is 6.30. The maximum atomic E-state index is 13.8. The summed E-state index contributed by atoms with van der Waals surface area (Å²) in [5.41, 5.74) is 2.19. The Kier molecular flexibility index (Phi) is 8.93. The Morgan fingerprint density at radius 2 is 1.24 bits per heavy atom. The topological polar surface area (TPSA) is 61.4 Å². The van der Waals surface area contributed by atoms with Gasteiger partial charge in [0.05, 0.1) is 11.4 Å².